The van der Waals surface area contributed by atoms with Gasteiger partial charge in [-0.05, 0) is 24.6 Å². The molecule has 1 aromatic carbocycles. The number of aromatic nitrogens is 2. The van der Waals surface area contributed by atoms with E-state index in [4.69, 9.17) is 10.00 Å². The van der Waals surface area contributed by atoms with Gasteiger partial charge in [-0.2, -0.15) is 10.4 Å². The Kier molecular flexibility index (Phi) is 4.26. The lowest BCUT2D eigenvalue weighted by Gasteiger charge is -2.01. The van der Waals surface area contributed by atoms with E-state index in [9.17, 15) is 4.39 Å². The van der Waals surface area contributed by atoms with Gasteiger partial charge in [-0.1, -0.05) is 0 Å². The molecule has 19 heavy (non-hydrogen) atoms. The highest BCUT2D eigenvalue weighted by Crippen LogP contribution is 2.23. The van der Waals surface area contributed by atoms with E-state index in [0.29, 0.717) is 29.8 Å². The second-order valence-corrected chi connectivity index (χ2v) is 4.14. The summed E-state index contributed by atoms with van der Waals surface area (Å²) in [4.78, 5) is 0. The van der Waals surface area contributed by atoms with Crippen LogP contribution in [0.5, 0.6) is 0 Å². The number of hydrogen-bond donors (Lipinski definition) is 0. The van der Waals surface area contributed by atoms with Crippen molar-refractivity contribution in [2.24, 2.45) is 0 Å². The Morgan fingerprint density at radius 3 is 3.05 bits per heavy atom. The zero-order valence-corrected chi connectivity index (χ0v) is 10.6. The van der Waals surface area contributed by atoms with Crippen molar-refractivity contribution < 1.29 is 9.13 Å². The smallest absolute Gasteiger partial charge is 0.131 e. The second-order valence-electron chi connectivity index (χ2n) is 4.14. The number of nitriles is 1. The van der Waals surface area contributed by atoms with Crippen molar-refractivity contribution in [3.63, 3.8) is 0 Å². The third kappa shape index (κ3) is 3.18. The zero-order chi connectivity index (χ0) is 13.7. The first-order chi connectivity index (χ1) is 9.24. The fourth-order valence-corrected chi connectivity index (χ4v) is 1.81. The molecule has 1 aromatic heterocycles. The van der Waals surface area contributed by atoms with Crippen LogP contribution >= 0.6 is 0 Å². The molecule has 2 rings (SSSR count). The van der Waals surface area contributed by atoms with Gasteiger partial charge in [0.2, 0.25) is 0 Å². The molecule has 0 radical (unpaired) electrons. The van der Waals surface area contributed by atoms with E-state index in [2.05, 4.69) is 5.10 Å². The van der Waals surface area contributed by atoms with Gasteiger partial charge in [0.25, 0.3) is 0 Å². The molecule has 1 heterocycles. The van der Waals surface area contributed by atoms with Crippen molar-refractivity contribution in [3.05, 3.63) is 42.0 Å². The van der Waals surface area contributed by atoms with Crippen molar-refractivity contribution in [1.82, 2.24) is 9.78 Å². The Bertz CT molecular complexity index is 601. The number of ether oxygens (including phenoxy) is 1. The maximum absolute atomic E-state index is 13.7. The van der Waals surface area contributed by atoms with Gasteiger partial charge in [-0.25, -0.2) is 4.39 Å². The maximum atomic E-state index is 13.7. The van der Waals surface area contributed by atoms with E-state index in [0.717, 1.165) is 6.42 Å². The molecular weight excluding hydrogens is 245 g/mol. The van der Waals surface area contributed by atoms with Crippen molar-refractivity contribution in [3.8, 4) is 17.2 Å². The lowest BCUT2D eigenvalue weighted by molar-refractivity contribution is 0.189. The molecule has 0 unspecified atom stereocenters. The van der Waals surface area contributed by atoms with E-state index < -0.39 is 0 Å². The van der Waals surface area contributed by atoms with Crippen LogP contribution in [0.3, 0.4) is 0 Å². The van der Waals surface area contributed by atoms with E-state index in [1.165, 1.54) is 18.2 Å². The summed E-state index contributed by atoms with van der Waals surface area (Å²) in [5, 5.41) is 13.0. The van der Waals surface area contributed by atoms with Crippen LogP contribution in [0.1, 0.15) is 12.0 Å². The molecule has 0 aliphatic rings. The van der Waals surface area contributed by atoms with E-state index in [1.54, 1.807) is 24.2 Å². The minimum atomic E-state index is -0.351. The topological polar surface area (TPSA) is 50.8 Å². The van der Waals surface area contributed by atoms with Crippen molar-refractivity contribution in [1.29, 1.82) is 5.26 Å². The Labute approximate surface area is 111 Å². The van der Waals surface area contributed by atoms with Crippen LogP contribution in [-0.4, -0.2) is 23.5 Å². The van der Waals surface area contributed by atoms with Crippen LogP contribution < -0.4 is 0 Å². The summed E-state index contributed by atoms with van der Waals surface area (Å²) in [6, 6.07) is 6.30. The lowest BCUT2D eigenvalue weighted by atomic mass is 10.1. The van der Waals surface area contributed by atoms with Gasteiger partial charge in [-0.3, -0.25) is 4.68 Å². The Morgan fingerprint density at radius 2 is 2.32 bits per heavy atom. The van der Waals surface area contributed by atoms with Crippen molar-refractivity contribution in [2.75, 3.05) is 13.7 Å². The van der Waals surface area contributed by atoms with Gasteiger partial charge < -0.3 is 4.74 Å². The minimum Gasteiger partial charge on any atom is -0.385 e. The standard InChI is InChI=1S/C14H14FN3O/c1-19-6-2-5-18-10-12(9-17-18)13-7-11(8-16)3-4-14(13)15/h3-4,7,9-10H,2,5-6H2,1H3. The largest absolute Gasteiger partial charge is 0.385 e. The monoisotopic (exact) mass is 259 g/mol. The third-order valence-electron chi connectivity index (χ3n) is 2.78. The summed E-state index contributed by atoms with van der Waals surface area (Å²) < 4.78 is 20.5. The quantitative estimate of drug-likeness (QED) is 0.775. The molecule has 0 saturated carbocycles. The first-order valence-corrected chi connectivity index (χ1v) is 5.96. The molecule has 0 amide bonds. The summed E-state index contributed by atoms with van der Waals surface area (Å²) in [5.74, 6) is -0.351. The highest BCUT2D eigenvalue weighted by Gasteiger charge is 2.08. The average Bonchev–Trinajstić information content (AvgIpc) is 2.88. The number of benzene rings is 1. The summed E-state index contributed by atoms with van der Waals surface area (Å²) in [6.07, 6.45) is 4.22. The minimum absolute atomic E-state index is 0.351. The molecule has 4 nitrogen and oxygen atoms in total. The van der Waals surface area contributed by atoms with E-state index >= 15 is 0 Å². The summed E-state index contributed by atoms with van der Waals surface area (Å²) >= 11 is 0. The number of halogens is 1. The summed E-state index contributed by atoms with van der Waals surface area (Å²) in [6.45, 7) is 1.38. The maximum Gasteiger partial charge on any atom is 0.131 e. The average molecular weight is 259 g/mol. The molecule has 98 valence electrons. The first kappa shape index (κ1) is 13.2. The molecule has 5 heteroatoms. The van der Waals surface area contributed by atoms with Crippen LogP contribution in [0.4, 0.5) is 4.39 Å². The molecule has 0 saturated heterocycles. The number of hydrogen-bond acceptors (Lipinski definition) is 3. The van der Waals surface area contributed by atoms with Gasteiger partial charge in [0.15, 0.2) is 0 Å². The summed E-state index contributed by atoms with van der Waals surface area (Å²) in [7, 11) is 1.65. The number of methoxy groups -OCH3 is 1. The van der Waals surface area contributed by atoms with Gasteiger partial charge in [-0.15, -0.1) is 0 Å². The molecular formula is C14H14FN3O. The predicted octanol–water partition coefficient (Wildman–Crippen LogP) is 2.60. The van der Waals surface area contributed by atoms with Gasteiger partial charge in [0.1, 0.15) is 5.82 Å². The Balaban J connectivity index is 2.20. The van der Waals surface area contributed by atoms with Crippen LogP contribution in [0.2, 0.25) is 0 Å². The van der Waals surface area contributed by atoms with Gasteiger partial charge >= 0.3 is 0 Å². The van der Waals surface area contributed by atoms with Gasteiger partial charge in [0, 0.05) is 37.6 Å². The number of nitrogens with zero attached hydrogens (tertiary/aromatic N) is 3. The molecule has 0 fully saturated rings. The Hall–Kier alpha value is -2.19. The Morgan fingerprint density at radius 1 is 1.47 bits per heavy atom. The van der Waals surface area contributed by atoms with Crippen molar-refractivity contribution in [2.45, 2.75) is 13.0 Å². The molecule has 0 N–H and O–H groups in total. The normalized spacial score (nSPS) is 10.4. The molecule has 0 spiro atoms. The first-order valence-electron chi connectivity index (χ1n) is 5.96. The van der Waals surface area contributed by atoms with E-state index in [1.807, 2.05) is 6.07 Å². The second kappa shape index (κ2) is 6.12. The summed E-state index contributed by atoms with van der Waals surface area (Å²) in [5.41, 5.74) is 1.51. The van der Waals surface area contributed by atoms with Crippen LogP contribution in [0, 0.1) is 17.1 Å². The molecule has 0 atom stereocenters. The van der Waals surface area contributed by atoms with Crippen LogP contribution in [0.15, 0.2) is 30.6 Å². The van der Waals surface area contributed by atoms with Gasteiger partial charge in [0.05, 0.1) is 17.8 Å². The zero-order valence-electron chi connectivity index (χ0n) is 10.6. The van der Waals surface area contributed by atoms with Crippen molar-refractivity contribution >= 4 is 0 Å². The predicted molar refractivity (Wildman–Crippen MR) is 68.8 cm³/mol. The molecule has 0 aliphatic heterocycles. The lowest BCUT2D eigenvalue weighted by Crippen LogP contribution is -2.01. The molecule has 2 aromatic rings. The number of rotatable bonds is 5. The fourth-order valence-electron chi connectivity index (χ4n) is 1.81. The highest BCUT2D eigenvalue weighted by atomic mass is 19.1. The number of aryl methyl sites for hydroxylation is 1. The fraction of sp³-hybridized carbons (Fsp3) is 0.286. The molecule has 0 aliphatic carbocycles. The van der Waals surface area contributed by atoms with Crippen LogP contribution in [0.25, 0.3) is 11.1 Å². The van der Waals surface area contributed by atoms with E-state index in [-0.39, 0.29) is 5.82 Å². The van der Waals surface area contributed by atoms with Crippen LogP contribution in [-0.2, 0) is 11.3 Å². The highest BCUT2D eigenvalue weighted by molar-refractivity contribution is 5.64. The third-order valence-corrected chi connectivity index (χ3v) is 2.78. The molecule has 0 bridgehead atoms. The SMILES string of the molecule is COCCCn1cc(-c2cc(C#N)ccc2F)cn1.